The summed E-state index contributed by atoms with van der Waals surface area (Å²) in [6.07, 6.45) is 6.65. The lowest BCUT2D eigenvalue weighted by Crippen LogP contribution is -2.63. The highest BCUT2D eigenvalue weighted by molar-refractivity contribution is 5.93. The van der Waals surface area contributed by atoms with Crippen molar-refractivity contribution in [2.45, 2.75) is 77.1 Å². The van der Waals surface area contributed by atoms with Gasteiger partial charge in [-0.3, -0.25) is 0 Å². The van der Waals surface area contributed by atoms with Gasteiger partial charge in [0, 0.05) is 11.3 Å². The summed E-state index contributed by atoms with van der Waals surface area (Å²) in [5.74, 6) is 1.13. The van der Waals surface area contributed by atoms with Crippen molar-refractivity contribution in [2.24, 2.45) is 29.1 Å². The quantitative estimate of drug-likeness (QED) is 0.776. The molecule has 4 rings (SSSR count). The fourth-order valence-corrected chi connectivity index (χ4v) is 6.90. The number of rotatable bonds is 2. The normalized spacial score (nSPS) is 51.1. The first-order valence-corrected chi connectivity index (χ1v) is 9.92. The molecule has 4 heteroatoms. The number of hydrogen-bond acceptors (Lipinski definition) is 4. The van der Waals surface area contributed by atoms with Crippen molar-refractivity contribution in [3.05, 3.63) is 11.6 Å². The zero-order valence-corrected chi connectivity index (χ0v) is 16.2. The van der Waals surface area contributed by atoms with Gasteiger partial charge in [0.1, 0.15) is 5.60 Å². The number of fused-ring (bicyclic) bond motifs is 1. The van der Waals surface area contributed by atoms with Gasteiger partial charge < -0.3 is 14.6 Å². The molecule has 0 radical (unpaired) electrons. The van der Waals surface area contributed by atoms with Crippen LogP contribution in [0.4, 0.5) is 0 Å². The van der Waals surface area contributed by atoms with E-state index in [0.717, 1.165) is 25.7 Å². The van der Waals surface area contributed by atoms with E-state index < -0.39 is 17.3 Å². The average molecular weight is 348 g/mol. The van der Waals surface area contributed by atoms with Gasteiger partial charge in [-0.25, -0.2) is 4.79 Å². The van der Waals surface area contributed by atoms with Gasteiger partial charge in [0.05, 0.1) is 24.4 Å². The highest BCUT2D eigenvalue weighted by Gasteiger charge is 2.78. The number of methoxy groups -OCH3 is 1. The van der Waals surface area contributed by atoms with Crippen LogP contribution in [0.3, 0.4) is 0 Å². The van der Waals surface area contributed by atoms with Crippen LogP contribution >= 0.6 is 0 Å². The Kier molecular flexibility index (Phi) is 3.73. The summed E-state index contributed by atoms with van der Waals surface area (Å²) in [7, 11) is 1.43. The molecule has 140 valence electrons. The number of esters is 1. The first-order chi connectivity index (χ1) is 11.7. The summed E-state index contributed by atoms with van der Waals surface area (Å²) in [5.41, 5.74) is -0.915. The first kappa shape index (κ1) is 17.5. The first-order valence-electron chi connectivity index (χ1n) is 9.92. The summed E-state index contributed by atoms with van der Waals surface area (Å²) in [4.78, 5) is 12.7. The lowest BCUT2D eigenvalue weighted by molar-refractivity contribution is -0.184. The van der Waals surface area contributed by atoms with Gasteiger partial charge in [0.2, 0.25) is 0 Å². The van der Waals surface area contributed by atoms with Gasteiger partial charge in [-0.05, 0) is 49.5 Å². The Hall–Kier alpha value is -0.870. The number of ether oxygens (including phenoxy) is 2. The van der Waals surface area contributed by atoms with E-state index in [-0.39, 0.29) is 17.3 Å². The maximum absolute atomic E-state index is 12.7. The molecule has 2 saturated carbocycles. The number of carbonyl (C=O) groups is 1. The van der Waals surface area contributed by atoms with Gasteiger partial charge in [-0.1, -0.05) is 34.1 Å². The van der Waals surface area contributed by atoms with Crippen molar-refractivity contribution in [1.29, 1.82) is 0 Å². The van der Waals surface area contributed by atoms with Gasteiger partial charge in [-0.2, -0.15) is 0 Å². The maximum Gasteiger partial charge on any atom is 0.336 e. The molecule has 3 fully saturated rings. The second-order valence-corrected chi connectivity index (χ2v) is 9.59. The Morgan fingerprint density at radius 3 is 2.72 bits per heavy atom. The molecule has 0 aromatic rings. The number of hydrogen-bond donors (Lipinski definition) is 1. The lowest BCUT2D eigenvalue weighted by Gasteiger charge is -2.55. The van der Waals surface area contributed by atoms with Crippen molar-refractivity contribution in [1.82, 2.24) is 0 Å². The highest BCUT2D eigenvalue weighted by Crippen LogP contribution is 2.72. The minimum atomic E-state index is -0.901. The summed E-state index contributed by atoms with van der Waals surface area (Å²) < 4.78 is 11.9. The number of carbonyl (C=O) groups excluding carboxylic acids is 1. The molecule has 2 aliphatic heterocycles. The van der Waals surface area contributed by atoms with Gasteiger partial charge in [-0.15, -0.1) is 0 Å². The minimum absolute atomic E-state index is 0.147. The van der Waals surface area contributed by atoms with Gasteiger partial charge in [0.25, 0.3) is 0 Å². The van der Waals surface area contributed by atoms with E-state index in [0.29, 0.717) is 23.3 Å². The molecular formula is C21H32O4. The Bertz CT molecular complexity index is 625. The van der Waals surface area contributed by atoms with Crippen LogP contribution in [0.5, 0.6) is 0 Å². The molecule has 0 unspecified atom stereocenters. The van der Waals surface area contributed by atoms with Crippen molar-refractivity contribution in [3.63, 3.8) is 0 Å². The smallest absolute Gasteiger partial charge is 0.336 e. The molecule has 0 amide bonds. The van der Waals surface area contributed by atoms with Crippen LogP contribution < -0.4 is 0 Å². The third-order valence-corrected chi connectivity index (χ3v) is 8.04. The molecule has 7 atom stereocenters. The fraction of sp³-hybridized carbons (Fsp3) is 0.857. The molecule has 0 aromatic carbocycles. The van der Waals surface area contributed by atoms with Crippen molar-refractivity contribution < 1.29 is 19.4 Å². The van der Waals surface area contributed by atoms with E-state index in [9.17, 15) is 9.90 Å². The molecule has 2 spiro atoms. The van der Waals surface area contributed by atoms with Gasteiger partial charge in [0.15, 0.2) is 0 Å². The third-order valence-electron chi connectivity index (χ3n) is 8.04. The van der Waals surface area contributed by atoms with E-state index in [1.54, 1.807) is 0 Å². The fourth-order valence-electron chi connectivity index (χ4n) is 6.90. The Labute approximate surface area is 151 Å². The van der Waals surface area contributed by atoms with E-state index in [1.165, 1.54) is 13.5 Å². The van der Waals surface area contributed by atoms with E-state index >= 15 is 0 Å². The molecule has 1 saturated heterocycles. The van der Waals surface area contributed by atoms with Gasteiger partial charge >= 0.3 is 5.97 Å². The standard InChI is InChI=1S/C21H32O4/c1-12(2)14-8-9-19(4)16-7-6-13(3)10-20(16)11-15(18(23)24-5)21(19,25-20)17(14)22/h11-14,16-17,22H,6-10H2,1-5H3/t13-,14-,16+,17+,19+,20-,21+/m0/s1. The van der Waals surface area contributed by atoms with E-state index in [4.69, 9.17) is 9.47 Å². The Morgan fingerprint density at radius 1 is 1.36 bits per heavy atom. The predicted molar refractivity (Wildman–Crippen MR) is 94.8 cm³/mol. The van der Waals surface area contributed by atoms with Crippen LogP contribution in [0.2, 0.25) is 0 Å². The SMILES string of the molecule is COC(=O)C1=C[C@@]23C[C@@H](C)CC[C@@H]2[C@@]2(C)CC[C@@H](C(C)C)[C@@H](O)[C@]12O3. The molecule has 2 aliphatic carbocycles. The lowest BCUT2D eigenvalue weighted by atomic mass is 9.47. The Balaban J connectivity index is 1.89. The molecule has 2 heterocycles. The highest BCUT2D eigenvalue weighted by atomic mass is 16.6. The largest absolute Gasteiger partial charge is 0.466 e. The van der Waals surface area contributed by atoms with Crippen molar-refractivity contribution in [2.75, 3.05) is 7.11 Å². The van der Waals surface area contributed by atoms with Crippen LogP contribution in [0.1, 0.15) is 59.8 Å². The number of aliphatic hydroxyl groups excluding tert-OH is 1. The zero-order valence-electron chi connectivity index (χ0n) is 16.2. The molecule has 25 heavy (non-hydrogen) atoms. The molecule has 4 aliphatic rings. The van der Waals surface area contributed by atoms with Crippen LogP contribution in [-0.4, -0.2) is 35.5 Å². The third kappa shape index (κ3) is 1.93. The van der Waals surface area contributed by atoms with Crippen molar-refractivity contribution >= 4 is 5.97 Å². The molecule has 2 bridgehead atoms. The second kappa shape index (κ2) is 5.32. The number of aliphatic hydroxyl groups is 1. The van der Waals surface area contributed by atoms with Crippen LogP contribution in [0.25, 0.3) is 0 Å². The molecule has 0 aromatic heterocycles. The molecular weight excluding hydrogens is 316 g/mol. The summed E-state index contributed by atoms with van der Waals surface area (Å²) >= 11 is 0. The minimum Gasteiger partial charge on any atom is -0.466 e. The van der Waals surface area contributed by atoms with Crippen molar-refractivity contribution in [3.8, 4) is 0 Å². The second-order valence-electron chi connectivity index (χ2n) is 9.59. The topological polar surface area (TPSA) is 55.8 Å². The maximum atomic E-state index is 12.7. The Morgan fingerprint density at radius 2 is 2.08 bits per heavy atom. The molecule has 1 N–H and O–H groups in total. The predicted octanol–water partition coefficient (Wildman–Crippen LogP) is 3.48. The van der Waals surface area contributed by atoms with Crippen LogP contribution in [-0.2, 0) is 14.3 Å². The van der Waals surface area contributed by atoms with Crippen LogP contribution in [0, 0.1) is 29.1 Å². The van der Waals surface area contributed by atoms with E-state index in [2.05, 4.69) is 27.7 Å². The van der Waals surface area contributed by atoms with E-state index in [1.807, 2.05) is 6.08 Å². The zero-order chi connectivity index (χ0) is 18.2. The summed E-state index contributed by atoms with van der Waals surface area (Å²) in [6.45, 7) is 8.83. The molecule has 4 nitrogen and oxygen atoms in total. The summed E-state index contributed by atoms with van der Waals surface area (Å²) in [5, 5.41) is 11.5. The van der Waals surface area contributed by atoms with Crippen LogP contribution in [0.15, 0.2) is 11.6 Å². The monoisotopic (exact) mass is 348 g/mol. The summed E-state index contributed by atoms with van der Waals surface area (Å²) in [6, 6.07) is 0. The average Bonchev–Trinajstić information content (AvgIpc) is 2.99.